The number of carbonyl (C=O) groups excluding carboxylic acids is 2. The predicted molar refractivity (Wildman–Crippen MR) is 140 cm³/mol. The van der Waals surface area contributed by atoms with Crippen LogP contribution in [0.15, 0.2) is 35.5 Å². The van der Waals surface area contributed by atoms with Crippen molar-refractivity contribution in [2.24, 2.45) is 0 Å². The van der Waals surface area contributed by atoms with Gasteiger partial charge in [-0.25, -0.2) is 9.78 Å². The lowest BCUT2D eigenvalue weighted by atomic mass is 9.98. The van der Waals surface area contributed by atoms with Crippen molar-refractivity contribution in [2.75, 3.05) is 25.0 Å². The van der Waals surface area contributed by atoms with Gasteiger partial charge in [-0.15, -0.1) is 0 Å². The number of aromatic nitrogens is 1. The van der Waals surface area contributed by atoms with Gasteiger partial charge in [-0.1, -0.05) is 11.8 Å². The summed E-state index contributed by atoms with van der Waals surface area (Å²) in [6, 6.07) is 7.31. The van der Waals surface area contributed by atoms with Gasteiger partial charge in [0.2, 0.25) is 5.91 Å². The number of ether oxygens (including phenoxy) is 1. The minimum atomic E-state index is -0.435. The molecular weight excluding hydrogens is 474 g/mol. The molecule has 190 valence electrons. The summed E-state index contributed by atoms with van der Waals surface area (Å²) in [6.07, 6.45) is 8.71. The Morgan fingerprint density at radius 1 is 1.17 bits per heavy atom. The molecule has 3 amide bonds. The number of carbonyl (C=O) groups is 2. The van der Waals surface area contributed by atoms with Crippen LogP contribution in [0.1, 0.15) is 55.7 Å². The topological polar surface area (TPSA) is 86.8 Å². The van der Waals surface area contributed by atoms with E-state index in [0.29, 0.717) is 0 Å². The van der Waals surface area contributed by atoms with Crippen molar-refractivity contribution in [2.45, 2.75) is 73.9 Å². The molecule has 0 radical (unpaired) electrons. The molecule has 4 aliphatic rings. The van der Waals surface area contributed by atoms with Gasteiger partial charge >= 0.3 is 6.03 Å². The second-order valence-corrected chi connectivity index (χ2v) is 11.6. The number of pyridine rings is 1. The number of nitrogens with zero attached hydrogens (tertiary/aromatic N) is 3. The van der Waals surface area contributed by atoms with Crippen LogP contribution in [0.2, 0.25) is 0 Å². The lowest BCUT2D eigenvalue weighted by molar-refractivity contribution is -0.122. The Hall–Kier alpha value is -2.78. The fraction of sp³-hybridized carbons (Fsp3) is 0.519. The highest BCUT2D eigenvalue weighted by Crippen LogP contribution is 2.51. The van der Waals surface area contributed by atoms with Gasteiger partial charge in [-0.05, 0) is 88.9 Å². The summed E-state index contributed by atoms with van der Waals surface area (Å²) in [4.78, 5) is 35.3. The van der Waals surface area contributed by atoms with E-state index in [-0.39, 0.29) is 24.1 Å². The summed E-state index contributed by atoms with van der Waals surface area (Å²) in [5.74, 6) is 0.812. The number of benzene rings is 1. The first-order chi connectivity index (χ1) is 17.5. The number of nitrogens with one attached hydrogen (secondary N) is 2. The molecule has 0 spiro atoms. The zero-order chi connectivity index (χ0) is 24.8. The Bertz CT molecular complexity index is 1180. The molecule has 1 saturated heterocycles. The SMILES string of the molecule is Cc1cc(OC2CCCC2)ccc1N1C(=O)NC2c3c1ccnc3S[C@H]2C(=O)NC1CCCN(C)C1. The molecule has 1 aromatic carbocycles. The van der Waals surface area contributed by atoms with Crippen molar-refractivity contribution in [3.63, 3.8) is 0 Å². The van der Waals surface area contributed by atoms with E-state index in [0.717, 1.165) is 72.0 Å². The van der Waals surface area contributed by atoms with E-state index in [1.807, 2.05) is 31.2 Å². The van der Waals surface area contributed by atoms with Gasteiger partial charge in [-0.2, -0.15) is 0 Å². The van der Waals surface area contributed by atoms with Crippen LogP contribution in [-0.2, 0) is 4.79 Å². The predicted octanol–water partition coefficient (Wildman–Crippen LogP) is 4.30. The monoisotopic (exact) mass is 507 g/mol. The van der Waals surface area contributed by atoms with Crippen molar-refractivity contribution in [3.05, 3.63) is 41.6 Å². The molecule has 1 aromatic heterocycles. The summed E-state index contributed by atoms with van der Waals surface area (Å²) >= 11 is 1.45. The lowest BCUT2D eigenvalue weighted by Crippen LogP contribution is -2.52. The van der Waals surface area contributed by atoms with Crippen LogP contribution in [0.4, 0.5) is 16.2 Å². The van der Waals surface area contributed by atoms with Crippen LogP contribution in [0.3, 0.4) is 0 Å². The number of amides is 3. The molecule has 0 bridgehead atoms. The molecule has 2 N–H and O–H groups in total. The molecule has 1 saturated carbocycles. The third-order valence-corrected chi connectivity index (χ3v) is 9.04. The summed E-state index contributed by atoms with van der Waals surface area (Å²) in [7, 11) is 2.08. The minimum absolute atomic E-state index is 0.0346. The Balaban J connectivity index is 1.25. The molecule has 2 aromatic rings. The molecule has 1 aliphatic carbocycles. The Morgan fingerprint density at radius 3 is 2.78 bits per heavy atom. The largest absolute Gasteiger partial charge is 0.490 e. The number of thioether (sulfide) groups is 1. The average Bonchev–Trinajstić information content (AvgIpc) is 3.49. The molecule has 9 heteroatoms. The summed E-state index contributed by atoms with van der Waals surface area (Å²) < 4.78 is 6.17. The van der Waals surface area contributed by atoms with Crippen molar-refractivity contribution in [1.82, 2.24) is 20.5 Å². The highest BCUT2D eigenvalue weighted by molar-refractivity contribution is 8.01. The zero-order valence-corrected chi connectivity index (χ0v) is 21.6. The van der Waals surface area contributed by atoms with Gasteiger partial charge in [0.05, 0.1) is 23.5 Å². The van der Waals surface area contributed by atoms with Gasteiger partial charge in [0.15, 0.2) is 0 Å². The number of rotatable bonds is 5. The average molecular weight is 508 g/mol. The smallest absolute Gasteiger partial charge is 0.327 e. The third-order valence-electron chi connectivity index (χ3n) is 7.75. The maximum absolute atomic E-state index is 13.5. The van der Waals surface area contributed by atoms with Crippen LogP contribution in [-0.4, -0.2) is 59.4 Å². The van der Waals surface area contributed by atoms with Gasteiger partial charge < -0.3 is 20.3 Å². The molecule has 3 atom stereocenters. The number of aryl methyl sites for hydroxylation is 1. The molecular formula is C27H33N5O3S. The molecule has 4 heterocycles. The highest BCUT2D eigenvalue weighted by Gasteiger charge is 2.47. The number of hydrogen-bond donors (Lipinski definition) is 2. The minimum Gasteiger partial charge on any atom is -0.490 e. The second kappa shape index (κ2) is 9.59. The van der Waals surface area contributed by atoms with Crippen molar-refractivity contribution in [3.8, 4) is 5.75 Å². The number of hydrogen-bond acceptors (Lipinski definition) is 6. The van der Waals surface area contributed by atoms with Crippen LogP contribution in [0.5, 0.6) is 5.75 Å². The van der Waals surface area contributed by atoms with Gasteiger partial charge in [-0.3, -0.25) is 9.69 Å². The first-order valence-electron chi connectivity index (χ1n) is 13.0. The standard InChI is InChI=1S/C27H33N5O3S/c1-16-14-19(35-18-7-3-4-8-18)9-10-20(16)32-21-11-12-28-26-22(21)23(30-27(32)34)24(36-26)25(33)29-17-6-5-13-31(2)15-17/h9-12,14,17-18,23-24H,3-8,13,15H2,1-2H3,(H,29,33)(H,30,34)/t17?,23?,24-/m1/s1. The maximum Gasteiger partial charge on any atom is 0.327 e. The normalized spacial score (nSPS) is 26.0. The fourth-order valence-corrected chi connectivity index (χ4v) is 7.22. The Morgan fingerprint density at radius 2 is 2.00 bits per heavy atom. The lowest BCUT2D eigenvalue weighted by Gasteiger charge is -2.35. The zero-order valence-electron chi connectivity index (χ0n) is 20.8. The second-order valence-electron chi connectivity index (χ2n) is 10.4. The number of anilines is 2. The van der Waals surface area contributed by atoms with E-state index in [2.05, 4.69) is 27.6 Å². The van der Waals surface area contributed by atoms with E-state index in [1.54, 1.807) is 11.1 Å². The van der Waals surface area contributed by atoms with Gasteiger partial charge in [0.1, 0.15) is 16.0 Å². The fourth-order valence-electron chi connectivity index (χ4n) is 5.98. The van der Waals surface area contributed by atoms with E-state index >= 15 is 0 Å². The molecule has 3 aliphatic heterocycles. The molecule has 6 rings (SSSR count). The maximum atomic E-state index is 13.5. The van der Waals surface area contributed by atoms with Crippen molar-refractivity contribution in [1.29, 1.82) is 0 Å². The number of likely N-dealkylation sites (N-methyl/N-ethyl adjacent to an activating group) is 1. The summed E-state index contributed by atoms with van der Waals surface area (Å²) in [5, 5.41) is 6.73. The number of piperidine rings is 1. The first-order valence-corrected chi connectivity index (χ1v) is 13.9. The summed E-state index contributed by atoms with van der Waals surface area (Å²) in [6.45, 7) is 3.92. The van der Waals surface area contributed by atoms with E-state index in [1.165, 1.54) is 24.6 Å². The Kier molecular flexibility index (Phi) is 6.29. The first kappa shape index (κ1) is 23.6. The van der Waals surface area contributed by atoms with Crippen molar-refractivity contribution < 1.29 is 14.3 Å². The van der Waals surface area contributed by atoms with Gasteiger partial charge in [0, 0.05) is 24.3 Å². The Labute approximate surface area is 216 Å². The van der Waals surface area contributed by atoms with Gasteiger partial charge in [0.25, 0.3) is 0 Å². The summed E-state index contributed by atoms with van der Waals surface area (Å²) in [5.41, 5.74) is 3.49. The number of likely N-dealkylation sites (tertiary alicyclic amines) is 1. The molecule has 36 heavy (non-hydrogen) atoms. The number of urea groups is 1. The quantitative estimate of drug-likeness (QED) is 0.628. The van der Waals surface area contributed by atoms with Crippen LogP contribution in [0.25, 0.3) is 0 Å². The van der Waals surface area contributed by atoms with Crippen LogP contribution >= 0.6 is 11.8 Å². The van der Waals surface area contributed by atoms with E-state index in [9.17, 15) is 9.59 Å². The molecule has 2 fully saturated rings. The van der Waals surface area contributed by atoms with E-state index < -0.39 is 11.3 Å². The van der Waals surface area contributed by atoms with E-state index in [4.69, 9.17) is 4.74 Å². The van der Waals surface area contributed by atoms with Crippen molar-refractivity contribution >= 4 is 35.1 Å². The third kappa shape index (κ3) is 4.32. The molecule has 8 nitrogen and oxygen atoms in total. The van der Waals surface area contributed by atoms with Crippen LogP contribution < -0.4 is 20.3 Å². The highest BCUT2D eigenvalue weighted by atomic mass is 32.2. The van der Waals surface area contributed by atoms with Crippen LogP contribution in [0, 0.1) is 6.92 Å². The molecule has 2 unspecified atom stereocenters.